The number of methoxy groups -OCH3 is 1. The van der Waals surface area contributed by atoms with Gasteiger partial charge in [-0.2, -0.15) is 0 Å². The van der Waals surface area contributed by atoms with Gasteiger partial charge in [-0.1, -0.05) is 12.1 Å². The summed E-state index contributed by atoms with van der Waals surface area (Å²) >= 11 is 0. The van der Waals surface area contributed by atoms with E-state index in [4.69, 9.17) is 4.74 Å². The van der Waals surface area contributed by atoms with Crippen LogP contribution in [0.25, 0.3) is 0 Å². The third kappa shape index (κ3) is 5.06. The van der Waals surface area contributed by atoms with Gasteiger partial charge in [-0.15, -0.1) is 0 Å². The van der Waals surface area contributed by atoms with Gasteiger partial charge in [-0.25, -0.2) is 17.9 Å². The molecule has 1 unspecified atom stereocenters. The highest BCUT2D eigenvalue weighted by molar-refractivity contribution is 7.89. The average molecular weight is 377 g/mol. The maximum atomic E-state index is 12.5. The van der Waals surface area contributed by atoms with Crippen LogP contribution in [0, 0.1) is 13.8 Å². The first-order chi connectivity index (χ1) is 12.2. The smallest absolute Gasteiger partial charge is 0.337 e. The normalized spacial score (nSPS) is 12.5. The van der Waals surface area contributed by atoms with Gasteiger partial charge in [0, 0.05) is 0 Å². The Morgan fingerprint density at radius 2 is 1.85 bits per heavy atom. The molecule has 0 radical (unpaired) electrons. The quantitative estimate of drug-likeness (QED) is 0.751. The summed E-state index contributed by atoms with van der Waals surface area (Å²) in [5.41, 5.74) is 2.45. The number of hydrogen-bond acceptors (Lipinski definition) is 5. The highest BCUT2D eigenvalue weighted by Gasteiger charge is 2.19. The van der Waals surface area contributed by atoms with Gasteiger partial charge in [0.2, 0.25) is 10.0 Å². The van der Waals surface area contributed by atoms with Gasteiger partial charge in [0.1, 0.15) is 12.4 Å². The number of esters is 1. The van der Waals surface area contributed by atoms with Crippen LogP contribution < -0.4 is 9.46 Å². The topological polar surface area (TPSA) is 81.7 Å². The van der Waals surface area contributed by atoms with Gasteiger partial charge in [-0.05, 0) is 62.2 Å². The Morgan fingerprint density at radius 1 is 1.12 bits per heavy atom. The fourth-order valence-corrected chi connectivity index (χ4v) is 3.57. The summed E-state index contributed by atoms with van der Waals surface area (Å²) in [7, 11) is -2.54. The van der Waals surface area contributed by atoms with Crippen LogP contribution in [0.3, 0.4) is 0 Å². The van der Waals surface area contributed by atoms with Crippen molar-refractivity contribution in [1.29, 1.82) is 0 Å². The predicted octanol–water partition coefficient (Wildman–Crippen LogP) is 2.84. The molecule has 2 aromatic rings. The number of sulfonamides is 1. The Labute approximate surface area is 154 Å². The van der Waals surface area contributed by atoms with E-state index < -0.39 is 22.0 Å². The van der Waals surface area contributed by atoms with E-state index in [-0.39, 0.29) is 17.1 Å². The molecule has 0 spiro atoms. The molecule has 1 N–H and O–H groups in total. The number of ether oxygens (including phenoxy) is 2. The standard InChI is InChI=1S/C19H23NO5S/c1-13-8-9-17(10-14(13)2)25-12-15(3)20-26(22,23)18-7-5-6-16(11-18)19(21)24-4/h5-11,15,20H,12H2,1-4H3. The number of nitrogens with one attached hydrogen (secondary N) is 1. The molecule has 0 aliphatic carbocycles. The molecule has 0 aliphatic rings. The maximum Gasteiger partial charge on any atom is 0.337 e. The molecular weight excluding hydrogens is 354 g/mol. The summed E-state index contributed by atoms with van der Waals surface area (Å²) in [6.45, 7) is 5.89. The molecule has 0 fully saturated rings. The van der Waals surface area contributed by atoms with Gasteiger partial charge in [0.05, 0.1) is 23.6 Å². The molecule has 0 heterocycles. The van der Waals surface area contributed by atoms with Gasteiger partial charge in [0.25, 0.3) is 0 Å². The zero-order valence-electron chi connectivity index (χ0n) is 15.3. The highest BCUT2D eigenvalue weighted by Crippen LogP contribution is 2.17. The zero-order valence-corrected chi connectivity index (χ0v) is 16.1. The molecule has 0 saturated heterocycles. The molecule has 7 heteroatoms. The average Bonchev–Trinajstić information content (AvgIpc) is 2.61. The van der Waals surface area contributed by atoms with Crippen molar-refractivity contribution in [3.05, 3.63) is 59.2 Å². The summed E-state index contributed by atoms with van der Waals surface area (Å²) in [5.74, 6) is 0.0972. The molecule has 2 aromatic carbocycles. The Balaban J connectivity index is 2.04. The maximum absolute atomic E-state index is 12.5. The molecule has 0 aliphatic heterocycles. The predicted molar refractivity (Wildman–Crippen MR) is 99.0 cm³/mol. The van der Waals surface area contributed by atoms with Crippen molar-refractivity contribution in [1.82, 2.24) is 4.72 Å². The van der Waals surface area contributed by atoms with E-state index in [9.17, 15) is 13.2 Å². The van der Waals surface area contributed by atoms with Gasteiger partial charge in [-0.3, -0.25) is 0 Å². The molecule has 0 aromatic heterocycles. The van der Waals surface area contributed by atoms with Crippen LogP contribution in [0.15, 0.2) is 47.4 Å². The third-order valence-corrected chi connectivity index (χ3v) is 5.49. The van der Waals surface area contributed by atoms with Crippen molar-refractivity contribution >= 4 is 16.0 Å². The van der Waals surface area contributed by atoms with E-state index in [0.29, 0.717) is 5.75 Å². The molecule has 2 rings (SSSR count). The first-order valence-corrected chi connectivity index (χ1v) is 9.62. The van der Waals surface area contributed by atoms with Gasteiger partial charge >= 0.3 is 5.97 Å². The van der Waals surface area contributed by atoms with Crippen LogP contribution in [0.1, 0.15) is 28.4 Å². The lowest BCUT2D eigenvalue weighted by Gasteiger charge is -2.16. The van der Waals surface area contributed by atoms with Crippen LogP contribution in [-0.2, 0) is 14.8 Å². The number of carbonyl (C=O) groups excluding carboxylic acids is 1. The van der Waals surface area contributed by atoms with Crippen LogP contribution in [0.4, 0.5) is 0 Å². The highest BCUT2D eigenvalue weighted by atomic mass is 32.2. The summed E-state index contributed by atoms with van der Waals surface area (Å²) < 4.78 is 37.8. The Bertz CT molecular complexity index is 893. The monoisotopic (exact) mass is 377 g/mol. The summed E-state index contributed by atoms with van der Waals surface area (Å²) in [6, 6.07) is 11.0. The second-order valence-electron chi connectivity index (χ2n) is 6.10. The fraction of sp³-hybridized carbons (Fsp3) is 0.316. The lowest BCUT2D eigenvalue weighted by molar-refractivity contribution is 0.0600. The molecule has 0 saturated carbocycles. The summed E-state index contributed by atoms with van der Waals surface area (Å²) in [5, 5.41) is 0. The summed E-state index contributed by atoms with van der Waals surface area (Å²) in [4.78, 5) is 11.6. The van der Waals surface area contributed by atoms with Crippen molar-refractivity contribution in [2.24, 2.45) is 0 Å². The number of hydrogen-bond donors (Lipinski definition) is 1. The largest absolute Gasteiger partial charge is 0.492 e. The number of rotatable bonds is 7. The van der Waals surface area contributed by atoms with Crippen LogP contribution in [0.5, 0.6) is 5.75 Å². The first-order valence-electron chi connectivity index (χ1n) is 8.13. The molecule has 140 valence electrons. The van der Waals surface area contributed by atoms with E-state index in [2.05, 4.69) is 9.46 Å². The molecule has 26 heavy (non-hydrogen) atoms. The minimum absolute atomic E-state index is 0.00145. The molecular formula is C19H23NO5S. The Morgan fingerprint density at radius 3 is 2.50 bits per heavy atom. The van der Waals surface area contributed by atoms with Crippen LogP contribution in [-0.4, -0.2) is 34.1 Å². The van der Waals surface area contributed by atoms with Crippen molar-refractivity contribution in [3.8, 4) is 5.75 Å². The van der Waals surface area contributed by atoms with E-state index in [0.717, 1.165) is 11.1 Å². The Kier molecular flexibility index (Phi) is 6.39. The minimum Gasteiger partial charge on any atom is -0.492 e. The van der Waals surface area contributed by atoms with Gasteiger partial charge in [0.15, 0.2) is 0 Å². The second kappa shape index (κ2) is 8.33. The number of benzene rings is 2. The molecule has 6 nitrogen and oxygen atoms in total. The van der Waals surface area contributed by atoms with E-state index in [1.807, 2.05) is 32.0 Å². The van der Waals surface area contributed by atoms with E-state index in [1.54, 1.807) is 6.92 Å². The van der Waals surface area contributed by atoms with E-state index in [1.165, 1.54) is 31.4 Å². The third-order valence-electron chi connectivity index (χ3n) is 3.90. The lowest BCUT2D eigenvalue weighted by Crippen LogP contribution is -2.36. The van der Waals surface area contributed by atoms with Crippen LogP contribution >= 0.6 is 0 Å². The minimum atomic E-state index is -3.78. The zero-order chi connectivity index (χ0) is 19.3. The van der Waals surface area contributed by atoms with Crippen molar-refractivity contribution < 1.29 is 22.7 Å². The lowest BCUT2D eigenvalue weighted by atomic mass is 10.1. The first kappa shape index (κ1) is 19.9. The van der Waals surface area contributed by atoms with Crippen LogP contribution in [0.2, 0.25) is 0 Å². The molecule has 0 amide bonds. The number of aryl methyl sites for hydroxylation is 2. The second-order valence-corrected chi connectivity index (χ2v) is 7.81. The molecule has 1 atom stereocenters. The molecule has 0 bridgehead atoms. The van der Waals surface area contributed by atoms with Gasteiger partial charge < -0.3 is 9.47 Å². The Hall–Kier alpha value is -2.38. The van der Waals surface area contributed by atoms with Crippen molar-refractivity contribution in [2.75, 3.05) is 13.7 Å². The summed E-state index contributed by atoms with van der Waals surface area (Å²) in [6.07, 6.45) is 0. The fourth-order valence-electron chi connectivity index (χ4n) is 2.30. The SMILES string of the molecule is COC(=O)c1cccc(S(=O)(=O)NC(C)COc2ccc(C)c(C)c2)c1. The van der Waals surface area contributed by atoms with Crippen molar-refractivity contribution in [3.63, 3.8) is 0 Å². The number of carbonyl (C=O) groups is 1. The van der Waals surface area contributed by atoms with Crippen molar-refractivity contribution in [2.45, 2.75) is 31.7 Å². The van der Waals surface area contributed by atoms with E-state index >= 15 is 0 Å².